The van der Waals surface area contributed by atoms with E-state index in [1.165, 1.54) is 17.7 Å². The third-order valence-electron chi connectivity index (χ3n) is 2.90. The maximum atomic E-state index is 11.4. The Balaban J connectivity index is 2.17. The number of hydrazine groups is 1. The van der Waals surface area contributed by atoms with E-state index in [0.29, 0.717) is 12.4 Å². The zero-order valence-electron chi connectivity index (χ0n) is 11.3. The van der Waals surface area contributed by atoms with E-state index in [1.807, 2.05) is 36.6 Å². The van der Waals surface area contributed by atoms with Gasteiger partial charge in [-0.25, -0.2) is 5.84 Å². The molecule has 2 aromatic rings. The number of carbonyl (C=O) groups excluding carboxylic acids is 1. The largest absolute Gasteiger partial charge is 0.486 e. The van der Waals surface area contributed by atoms with Crippen molar-refractivity contribution in [1.29, 1.82) is 0 Å². The number of hydrogen-bond donors (Lipinski definition) is 2. The minimum absolute atomic E-state index is 0.258. The van der Waals surface area contributed by atoms with Gasteiger partial charge in [0.15, 0.2) is 5.75 Å². The highest BCUT2D eigenvalue weighted by Gasteiger charge is 2.13. The van der Waals surface area contributed by atoms with Crippen molar-refractivity contribution >= 4 is 29.1 Å². The number of nitrogens with one attached hydrogen (secondary N) is 1. The molecule has 0 aromatic heterocycles. The molecule has 0 aliphatic carbocycles. The monoisotopic (exact) mass is 324 g/mol. The summed E-state index contributed by atoms with van der Waals surface area (Å²) in [7, 11) is 0. The molecule has 0 radical (unpaired) electrons. The van der Waals surface area contributed by atoms with Gasteiger partial charge in [-0.2, -0.15) is 0 Å². The van der Waals surface area contributed by atoms with Crippen LogP contribution in [0.1, 0.15) is 21.5 Å². The van der Waals surface area contributed by atoms with Gasteiger partial charge in [0, 0.05) is 5.56 Å². The van der Waals surface area contributed by atoms with E-state index < -0.39 is 5.91 Å². The average Bonchev–Trinajstić information content (AvgIpc) is 2.47. The normalized spacial score (nSPS) is 10.3. The maximum absolute atomic E-state index is 11.4. The molecule has 0 spiro atoms. The van der Waals surface area contributed by atoms with Crippen LogP contribution < -0.4 is 16.0 Å². The SMILES string of the molecule is Cc1ccc(COc2c(Cl)cc(C(=O)NN)cc2Cl)cc1. The molecule has 0 atom stereocenters. The lowest BCUT2D eigenvalue weighted by Gasteiger charge is -2.11. The molecule has 0 aliphatic rings. The molecule has 21 heavy (non-hydrogen) atoms. The molecule has 6 heteroatoms. The number of carbonyl (C=O) groups is 1. The Morgan fingerprint density at radius 3 is 2.29 bits per heavy atom. The van der Waals surface area contributed by atoms with E-state index in [0.717, 1.165) is 5.56 Å². The van der Waals surface area contributed by atoms with Crippen LogP contribution in [0.2, 0.25) is 10.0 Å². The number of ether oxygens (including phenoxy) is 1. The summed E-state index contributed by atoms with van der Waals surface area (Å²) in [4.78, 5) is 11.4. The summed E-state index contributed by atoms with van der Waals surface area (Å²) in [6.45, 7) is 2.35. The molecule has 3 N–H and O–H groups in total. The highest BCUT2D eigenvalue weighted by atomic mass is 35.5. The number of nitrogens with two attached hydrogens (primary N) is 1. The van der Waals surface area contributed by atoms with E-state index in [2.05, 4.69) is 0 Å². The summed E-state index contributed by atoms with van der Waals surface area (Å²) in [5.74, 6) is 4.94. The molecular weight excluding hydrogens is 311 g/mol. The fourth-order valence-electron chi connectivity index (χ4n) is 1.75. The standard InChI is InChI=1S/C15H14Cl2N2O2/c1-9-2-4-10(5-3-9)8-21-14-12(16)6-11(7-13(14)17)15(20)19-18/h2-7H,8,18H2,1H3,(H,19,20). The van der Waals surface area contributed by atoms with Gasteiger partial charge in [-0.15, -0.1) is 0 Å². The molecule has 2 aromatic carbocycles. The van der Waals surface area contributed by atoms with E-state index in [4.69, 9.17) is 33.8 Å². The summed E-state index contributed by atoms with van der Waals surface area (Å²) in [6.07, 6.45) is 0. The third kappa shape index (κ3) is 3.88. The lowest BCUT2D eigenvalue weighted by atomic mass is 10.1. The summed E-state index contributed by atoms with van der Waals surface area (Å²) in [5.41, 5.74) is 4.46. The van der Waals surface area contributed by atoms with Crippen LogP contribution in [0.15, 0.2) is 36.4 Å². The van der Waals surface area contributed by atoms with Crippen LogP contribution >= 0.6 is 23.2 Å². The maximum Gasteiger partial charge on any atom is 0.265 e. The second kappa shape index (κ2) is 6.80. The van der Waals surface area contributed by atoms with Crippen LogP contribution in [0.3, 0.4) is 0 Å². The summed E-state index contributed by atoms with van der Waals surface area (Å²) in [5, 5.41) is 0.515. The minimum Gasteiger partial charge on any atom is -0.486 e. The van der Waals surface area contributed by atoms with Crippen molar-refractivity contribution in [2.45, 2.75) is 13.5 Å². The zero-order chi connectivity index (χ0) is 15.4. The van der Waals surface area contributed by atoms with Gasteiger partial charge in [0.25, 0.3) is 5.91 Å². The van der Waals surface area contributed by atoms with Gasteiger partial charge in [0.2, 0.25) is 0 Å². The van der Waals surface area contributed by atoms with Gasteiger partial charge < -0.3 is 4.74 Å². The third-order valence-corrected chi connectivity index (χ3v) is 3.46. The first-order valence-electron chi connectivity index (χ1n) is 6.19. The van der Waals surface area contributed by atoms with Gasteiger partial charge in [-0.3, -0.25) is 10.2 Å². The highest BCUT2D eigenvalue weighted by Crippen LogP contribution is 2.34. The Morgan fingerprint density at radius 2 is 1.76 bits per heavy atom. The van der Waals surface area contributed by atoms with Gasteiger partial charge >= 0.3 is 0 Å². The van der Waals surface area contributed by atoms with Crippen molar-refractivity contribution in [3.63, 3.8) is 0 Å². The first kappa shape index (κ1) is 15.6. The number of nitrogen functional groups attached to an aromatic ring is 1. The smallest absolute Gasteiger partial charge is 0.265 e. The number of rotatable bonds is 4. The molecule has 0 fully saturated rings. The van der Waals surface area contributed by atoms with Gasteiger partial charge in [0.1, 0.15) is 6.61 Å². The predicted octanol–water partition coefficient (Wildman–Crippen LogP) is 3.48. The zero-order valence-corrected chi connectivity index (χ0v) is 12.8. The fourth-order valence-corrected chi connectivity index (χ4v) is 2.35. The highest BCUT2D eigenvalue weighted by molar-refractivity contribution is 6.37. The summed E-state index contributed by atoms with van der Waals surface area (Å²) >= 11 is 12.2. The van der Waals surface area contributed by atoms with Crippen LogP contribution in [0, 0.1) is 6.92 Å². The van der Waals surface area contributed by atoms with Crippen molar-refractivity contribution in [3.05, 3.63) is 63.1 Å². The van der Waals surface area contributed by atoms with Crippen molar-refractivity contribution in [1.82, 2.24) is 5.43 Å². The molecule has 2 rings (SSSR count). The molecule has 0 saturated heterocycles. The van der Waals surface area contributed by atoms with E-state index in [9.17, 15) is 4.79 Å². The molecule has 0 aliphatic heterocycles. The first-order chi connectivity index (χ1) is 10.0. The Labute approximate surface area is 132 Å². The van der Waals surface area contributed by atoms with Gasteiger partial charge in [0.05, 0.1) is 10.0 Å². The lowest BCUT2D eigenvalue weighted by molar-refractivity contribution is 0.0953. The second-order valence-electron chi connectivity index (χ2n) is 4.52. The molecule has 4 nitrogen and oxygen atoms in total. The van der Waals surface area contributed by atoms with E-state index >= 15 is 0 Å². The topological polar surface area (TPSA) is 64.3 Å². The van der Waals surface area contributed by atoms with Gasteiger partial charge in [-0.05, 0) is 24.6 Å². The fraction of sp³-hybridized carbons (Fsp3) is 0.133. The Hall–Kier alpha value is -1.75. The van der Waals surface area contributed by atoms with Crippen molar-refractivity contribution in [3.8, 4) is 5.75 Å². The summed E-state index contributed by atoms with van der Waals surface area (Å²) < 4.78 is 5.64. The number of amides is 1. The van der Waals surface area contributed by atoms with E-state index in [-0.39, 0.29) is 15.6 Å². The molecule has 110 valence electrons. The molecule has 0 unspecified atom stereocenters. The Morgan fingerprint density at radius 1 is 1.19 bits per heavy atom. The first-order valence-corrected chi connectivity index (χ1v) is 6.95. The van der Waals surface area contributed by atoms with E-state index in [1.54, 1.807) is 0 Å². The van der Waals surface area contributed by atoms with Gasteiger partial charge in [-0.1, -0.05) is 53.0 Å². The number of halogens is 2. The average molecular weight is 325 g/mol. The molecular formula is C15H14Cl2N2O2. The molecule has 0 heterocycles. The Kier molecular flexibility index (Phi) is 5.07. The van der Waals surface area contributed by atoms with Crippen molar-refractivity contribution in [2.24, 2.45) is 5.84 Å². The Bertz CT molecular complexity index is 634. The lowest BCUT2D eigenvalue weighted by Crippen LogP contribution is -2.29. The molecule has 1 amide bonds. The quantitative estimate of drug-likeness (QED) is 0.514. The van der Waals surface area contributed by atoms with Crippen molar-refractivity contribution < 1.29 is 9.53 Å². The molecule has 0 saturated carbocycles. The number of aryl methyl sites for hydroxylation is 1. The van der Waals surface area contributed by atoms with Crippen LogP contribution in [0.5, 0.6) is 5.75 Å². The van der Waals surface area contributed by atoms with Crippen molar-refractivity contribution in [2.75, 3.05) is 0 Å². The van der Waals surface area contributed by atoms with Crippen LogP contribution in [0.25, 0.3) is 0 Å². The predicted molar refractivity (Wildman–Crippen MR) is 83.6 cm³/mol. The van der Waals surface area contributed by atoms with Crippen LogP contribution in [-0.2, 0) is 6.61 Å². The number of hydrogen-bond acceptors (Lipinski definition) is 3. The molecule has 0 bridgehead atoms. The minimum atomic E-state index is -0.469. The summed E-state index contributed by atoms with van der Waals surface area (Å²) in [6, 6.07) is 10.8. The van der Waals surface area contributed by atoms with Crippen LogP contribution in [-0.4, -0.2) is 5.91 Å². The second-order valence-corrected chi connectivity index (χ2v) is 5.33. The van der Waals surface area contributed by atoms with Crippen LogP contribution in [0.4, 0.5) is 0 Å². The number of benzene rings is 2.